The highest BCUT2D eigenvalue weighted by molar-refractivity contribution is 7.08. The molecule has 2 N–H and O–H groups in total. The Kier molecular flexibility index (Phi) is 3.84. The standard InChI is InChI=1S/C12H11ClN2O2S/c1-7-5-18-6-9(7)4-15-11-10(13)2-8(3-14-11)12(16)17/h2-3,5-6H,4H2,1H3,(H,14,15)(H,16,17). The van der Waals surface area contributed by atoms with E-state index in [1.54, 1.807) is 11.3 Å². The van der Waals surface area contributed by atoms with Crippen molar-refractivity contribution in [3.63, 3.8) is 0 Å². The topological polar surface area (TPSA) is 62.2 Å². The Bertz CT molecular complexity index is 583. The number of rotatable bonds is 4. The summed E-state index contributed by atoms with van der Waals surface area (Å²) in [5, 5.41) is 16.3. The molecule has 0 amide bonds. The maximum atomic E-state index is 10.7. The Hall–Kier alpha value is -1.59. The number of nitrogens with one attached hydrogen (secondary N) is 1. The van der Waals surface area contributed by atoms with Gasteiger partial charge in [-0.2, -0.15) is 11.3 Å². The molecule has 0 aliphatic heterocycles. The minimum atomic E-state index is -1.04. The van der Waals surface area contributed by atoms with E-state index in [0.717, 1.165) is 0 Å². The number of halogens is 1. The average molecular weight is 283 g/mol. The first-order valence-corrected chi connectivity index (χ1v) is 6.54. The molecule has 2 rings (SSSR count). The van der Waals surface area contributed by atoms with Crippen LogP contribution in [0.25, 0.3) is 0 Å². The quantitative estimate of drug-likeness (QED) is 0.902. The lowest BCUT2D eigenvalue weighted by Gasteiger charge is -2.07. The van der Waals surface area contributed by atoms with Crippen molar-refractivity contribution >= 4 is 34.7 Å². The van der Waals surface area contributed by atoms with Gasteiger partial charge in [-0.1, -0.05) is 11.6 Å². The number of pyridine rings is 1. The molecule has 2 heterocycles. The number of hydrogen-bond donors (Lipinski definition) is 2. The molecule has 0 atom stereocenters. The van der Waals surface area contributed by atoms with E-state index < -0.39 is 5.97 Å². The summed E-state index contributed by atoms with van der Waals surface area (Å²) in [7, 11) is 0. The minimum absolute atomic E-state index is 0.0808. The third-order valence-corrected chi connectivity index (χ3v) is 3.69. The summed E-state index contributed by atoms with van der Waals surface area (Å²) in [4.78, 5) is 14.7. The molecule has 0 spiro atoms. The van der Waals surface area contributed by atoms with Crippen LogP contribution in [-0.2, 0) is 6.54 Å². The molecule has 4 nitrogen and oxygen atoms in total. The number of thiophene rings is 1. The molecule has 0 unspecified atom stereocenters. The highest BCUT2D eigenvalue weighted by atomic mass is 35.5. The van der Waals surface area contributed by atoms with Gasteiger partial charge in [0.2, 0.25) is 0 Å². The summed E-state index contributed by atoms with van der Waals surface area (Å²) < 4.78 is 0. The zero-order valence-corrected chi connectivity index (χ0v) is 11.2. The van der Waals surface area contributed by atoms with Crippen molar-refractivity contribution in [2.45, 2.75) is 13.5 Å². The van der Waals surface area contributed by atoms with E-state index in [-0.39, 0.29) is 5.56 Å². The van der Waals surface area contributed by atoms with Crippen LogP contribution in [0.2, 0.25) is 5.02 Å². The van der Waals surface area contributed by atoms with Crippen LogP contribution >= 0.6 is 22.9 Å². The molecule has 94 valence electrons. The molecule has 0 radical (unpaired) electrons. The van der Waals surface area contributed by atoms with Crippen molar-refractivity contribution in [1.29, 1.82) is 0 Å². The lowest BCUT2D eigenvalue weighted by molar-refractivity contribution is 0.0696. The van der Waals surface area contributed by atoms with E-state index in [1.165, 1.54) is 23.4 Å². The third-order valence-electron chi connectivity index (χ3n) is 2.50. The van der Waals surface area contributed by atoms with Gasteiger partial charge in [-0.15, -0.1) is 0 Å². The molecule has 18 heavy (non-hydrogen) atoms. The van der Waals surface area contributed by atoms with E-state index in [1.807, 2.05) is 6.92 Å². The molecule has 0 aromatic carbocycles. The van der Waals surface area contributed by atoms with Gasteiger partial charge in [0.15, 0.2) is 0 Å². The van der Waals surface area contributed by atoms with Gasteiger partial charge in [0, 0.05) is 12.7 Å². The van der Waals surface area contributed by atoms with Gasteiger partial charge >= 0.3 is 5.97 Å². The predicted octanol–water partition coefficient (Wildman–Crippen LogP) is 3.42. The smallest absolute Gasteiger partial charge is 0.337 e. The number of carbonyl (C=O) groups is 1. The van der Waals surface area contributed by atoms with Crippen LogP contribution in [0.5, 0.6) is 0 Å². The van der Waals surface area contributed by atoms with Gasteiger partial charge in [-0.3, -0.25) is 0 Å². The van der Waals surface area contributed by atoms with Crippen LogP contribution in [0.3, 0.4) is 0 Å². The second-order valence-corrected chi connectivity index (χ2v) is 4.94. The van der Waals surface area contributed by atoms with Crippen LogP contribution in [-0.4, -0.2) is 16.1 Å². The fourth-order valence-corrected chi connectivity index (χ4v) is 2.52. The van der Waals surface area contributed by atoms with E-state index in [0.29, 0.717) is 17.4 Å². The second kappa shape index (κ2) is 5.37. The third kappa shape index (κ3) is 2.80. The first kappa shape index (κ1) is 12.9. The number of aryl methyl sites for hydroxylation is 1. The average Bonchev–Trinajstić information content (AvgIpc) is 2.73. The largest absolute Gasteiger partial charge is 0.478 e. The monoisotopic (exact) mass is 282 g/mol. The Morgan fingerprint density at radius 3 is 2.89 bits per heavy atom. The molecular formula is C12H11ClN2O2S. The summed E-state index contributed by atoms with van der Waals surface area (Å²) in [6.07, 6.45) is 1.29. The van der Waals surface area contributed by atoms with Gasteiger partial charge in [-0.25, -0.2) is 9.78 Å². The zero-order valence-electron chi connectivity index (χ0n) is 9.61. The number of nitrogens with zero attached hydrogens (tertiary/aromatic N) is 1. The van der Waals surface area contributed by atoms with Crippen LogP contribution in [0, 0.1) is 6.92 Å². The minimum Gasteiger partial charge on any atom is -0.478 e. The number of hydrogen-bond acceptors (Lipinski definition) is 4. The van der Waals surface area contributed by atoms with Crippen molar-refractivity contribution < 1.29 is 9.90 Å². The van der Waals surface area contributed by atoms with Crippen LogP contribution < -0.4 is 5.32 Å². The molecule has 0 saturated carbocycles. The summed E-state index contributed by atoms with van der Waals surface area (Å²) in [5.74, 6) is -0.545. The molecule has 2 aromatic rings. The molecule has 0 aliphatic carbocycles. The van der Waals surface area contributed by atoms with Crippen molar-refractivity contribution in [1.82, 2.24) is 4.98 Å². The maximum Gasteiger partial charge on any atom is 0.337 e. The number of carboxylic acid groups (broad SMARTS) is 1. The molecule has 6 heteroatoms. The summed E-state index contributed by atoms with van der Waals surface area (Å²) >= 11 is 7.61. The molecular weight excluding hydrogens is 272 g/mol. The Morgan fingerprint density at radius 1 is 1.56 bits per heavy atom. The fraction of sp³-hybridized carbons (Fsp3) is 0.167. The van der Waals surface area contributed by atoms with Crippen LogP contribution in [0.1, 0.15) is 21.5 Å². The lowest BCUT2D eigenvalue weighted by Crippen LogP contribution is -2.04. The Balaban J connectivity index is 2.11. The maximum absolute atomic E-state index is 10.7. The Labute approximate surface area is 113 Å². The van der Waals surface area contributed by atoms with E-state index in [2.05, 4.69) is 21.1 Å². The fourth-order valence-electron chi connectivity index (χ4n) is 1.43. The molecule has 0 saturated heterocycles. The molecule has 0 aliphatic rings. The van der Waals surface area contributed by atoms with Gasteiger partial charge in [0.05, 0.1) is 10.6 Å². The van der Waals surface area contributed by atoms with Crippen molar-refractivity contribution in [2.75, 3.05) is 5.32 Å². The highest BCUT2D eigenvalue weighted by Crippen LogP contribution is 2.22. The van der Waals surface area contributed by atoms with E-state index in [9.17, 15) is 4.79 Å². The summed E-state index contributed by atoms with van der Waals surface area (Å²) in [6.45, 7) is 2.66. The summed E-state index contributed by atoms with van der Waals surface area (Å²) in [6, 6.07) is 1.39. The second-order valence-electron chi connectivity index (χ2n) is 3.79. The molecule has 2 aromatic heterocycles. The lowest BCUT2D eigenvalue weighted by atomic mass is 10.2. The van der Waals surface area contributed by atoms with E-state index in [4.69, 9.17) is 16.7 Å². The van der Waals surface area contributed by atoms with Gasteiger partial charge < -0.3 is 10.4 Å². The first-order valence-electron chi connectivity index (χ1n) is 5.22. The van der Waals surface area contributed by atoms with E-state index >= 15 is 0 Å². The van der Waals surface area contributed by atoms with Gasteiger partial charge in [-0.05, 0) is 34.9 Å². The van der Waals surface area contributed by atoms with Gasteiger partial charge in [0.1, 0.15) is 5.82 Å². The number of anilines is 1. The van der Waals surface area contributed by atoms with Crippen molar-refractivity contribution in [3.8, 4) is 0 Å². The van der Waals surface area contributed by atoms with Crippen molar-refractivity contribution in [2.24, 2.45) is 0 Å². The number of aromatic nitrogens is 1. The van der Waals surface area contributed by atoms with Gasteiger partial charge in [0.25, 0.3) is 0 Å². The SMILES string of the molecule is Cc1cscc1CNc1ncc(C(=O)O)cc1Cl. The molecule has 0 fully saturated rings. The summed E-state index contributed by atoms with van der Waals surface area (Å²) in [5.41, 5.74) is 2.48. The number of carboxylic acids is 1. The normalized spacial score (nSPS) is 10.3. The first-order chi connectivity index (χ1) is 8.58. The predicted molar refractivity (Wildman–Crippen MR) is 72.6 cm³/mol. The van der Waals surface area contributed by atoms with Crippen LogP contribution in [0.15, 0.2) is 23.0 Å². The zero-order chi connectivity index (χ0) is 13.1. The Morgan fingerprint density at radius 2 is 2.33 bits per heavy atom. The highest BCUT2D eigenvalue weighted by Gasteiger charge is 2.08. The number of aromatic carboxylic acids is 1. The van der Waals surface area contributed by atoms with Crippen molar-refractivity contribution in [3.05, 3.63) is 44.7 Å². The van der Waals surface area contributed by atoms with Crippen LogP contribution in [0.4, 0.5) is 5.82 Å². The molecule has 0 bridgehead atoms.